The average Bonchev–Trinajstić information content (AvgIpc) is 2.88. The lowest BCUT2D eigenvalue weighted by Crippen LogP contribution is -2.59. The van der Waals surface area contributed by atoms with E-state index in [4.69, 9.17) is 27.4 Å². The molecule has 4 atom stereocenters. The molecule has 0 aromatic heterocycles. The Kier molecular flexibility index (Phi) is 8.56. The predicted molar refractivity (Wildman–Crippen MR) is 141 cm³/mol. The van der Waals surface area contributed by atoms with Crippen LogP contribution >= 0.6 is 11.6 Å². The number of fused-ring (bicyclic) bond motifs is 1. The summed E-state index contributed by atoms with van der Waals surface area (Å²) in [7, 11) is -3.56. The van der Waals surface area contributed by atoms with Crippen LogP contribution < -0.4 is 15.9 Å². The summed E-state index contributed by atoms with van der Waals surface area (Å²) in [5.74, 6) is -2.01. The smallest absolute Gasteiger partial charge is 0.255 e. The van der Waals surface area contributed by atoms with Crippen molar-refractivity contribution in [2.24, 2.45) is 10.9 Å². The minimum atomic E-state index is -3.56. The van der Waals surface area contributed by atoms with Crippen LogP contribution in [-0.2, 0) is 19.7 Å². The summed E-state index contributed by atoms with van der Waals surface area (Å²) in [6, 6.07) is 11.9. The van der Waals surface area contributed by atoms with Gasteiger partial charge in [0.05, 0.1) is 18.2 Å². The third-order valence-electron chi connectivity index (χ3n) is 6.84. The molecular formula is C25H30ClN5O6S. The number of hydroxylamine groups is 1. The fraction of sp³-hybridized carbons (Fsp3) is 0.400. The molecule has 1 fully saturated rings. The van der Waals surface area contributed by atoms with Gasteiger partial charge in [0.15, 0.2) is 5.84 Å². The highest BCUT2D eigenvalue weighted by molar-refractivity contribution is 7.88. The van der Waals surface area contributed by atoms with Gasteiger partial charge in [-0.2, -0.15) is 0 Å². The number of rotatable bonds is 8. The molecule has 1 heterocycles. The van der Waals surface area contributed by atoms with Crippen LogP contribution in [0.4, 0.5) is 0 Å². The molecule has 204 valence electrons. The average molecular weight is 564 g/mol. The molecule has 2 amide bonds. The number of carbonyl (C=O) groups is 2. The third kappa shape index (κ3) is 6.09. The van der Waals surface area contributed by atoms with Crippen molar-refractivity contribution in [3.63, 3.8) is 0 Å². The standard InChI is InChI=1S/C25H30ClN5O6S/c1-38(35,36)30-19-8-4-5-9-20(19)31-23(15-10-12-16(26)13-11-15)22(24(32)29-37-14-21(27)28-34)17-6-2-3-7-18(17)25(31)33/h2-3,6-7,10-13,19-20,22-23,30,34H,4-5,8-9,14H2,1H3,(H2,27,28)(H,29,32)/t19-,20?,22+,23-/m0/s1. The minimum Gasteiger partial charge on any atom is -0.409 e. The Balaban J connectivity index is 1.83. The summed E-state index contributed by atoms with van der Waals surface area (Å²) in [6.45, 7) is -0.353. The first-order chi connectivity index (χ1) is 18.1. The third-order valence-corrected chi connectivity index (χ3v) is 7.83. The van der Waals surface area contributed by atoms with Crippen molar-refractivity contribution in [2.75, 3.05) is 12.9 Å². The number of benzene rings is 2. The first-order valence-corrected chi connectivity index (χ1v) is 14.4. The monoisotopic (exact) mass is 563 g/mol. The van der Waals surface area contributed by atoms with Crippen molar-refractivity contribution in [3.05, 3.63) is 70.2 Å². The van der Waals surface area contributed by atoms with Gasteiger partial charge in [-0.25, -0.2) is 18.6 Å². The molecule has 5 N–H and O–H groups in total. The van der Waals surface area contributed by atoms with Gasteiger partial charge in [-0.3, -0.25) is 14.4 Å². The van der Waals surface area contributed by atoms with E-state index in [-0.39, 0.29) is 18.3 Å². The molecule has 2 aromatic rings. The van der Waals surface area contributed by atoms with Gasteiger partial charge in [-0.1, -0.05) is 59.9 Å². The van der Waals surface area contributed by atoms with Gasteiger partial charge >= 0.3 is 0 Å². The van der Waals surface area contributed by atoms with E-state index in [0.29, 0.717) is 34.6 Å². The summed E-state index contributed by atoms with van der Waals surface area (Å²) in [5.41, 5.74) is 9.32. The van der Waals surface area contributed by atoms with E-state index in [1.807, 2.05) is 0 Å². The summed E-state index contributed by atoms with van der Waals surface area (Å²) < 4.78 is 27.1. The Bertz CT molecular complexity index is 1320. The molecule has 1 saturated carbocycles. The van der Waals surface area contributed by atoms with Gasteiger partial charge in [-0.05, 0) is 42.2 Å². The fourth-order valence-corrected chi connectivity index (χ4v) is 6.29. The lowest BCUT2D eigenvalue weighted by molar-refractivity contribution is -0.136. The van der Waals surface area contributed by atoms with Crippen molar-refractivity contribution in [1.82, 2.24) is 15.1 Å². The maximum atomic E-state index is 14.1. The van der Waals surface area contributed by atoms with Crippen LogP contribution in [-0.4, -0.2) is 61.1 Å². The van der Waals surface area contributed by atoms with Crippen LogP contribution in [0.1, 0.15) is 59.1 Å². The molecule has 0 bridgehead atoms. The zero-order valence-electron chi connectivity index (χ0n) is 20.7. The largest absolute Gasteiger partial charge is 0.409 e. The molecule has 13 heteroatoms. The first-order valence-electron chi connectivity index (χ1n) is 12.1. The molecule has 4 rings (SSSR count). The van der Waals surface area contributed by atoms with E-state index >= 15 is 0 Å². The Hall–Kier alpha value is -3.19. The number of nitrogens with zero attached hydrogens (tertiary/aromatic N) is 2. The molecule has 0 spiro atoms. The van der Waals surface area contributed by atoms with Crippen molar-refractivity contribution in [3.8, 4) is 0 Å². The Morgan fingerprint density at radius 2 is 1.87 bits per heavy atom. The number of amides is 2. The second kappa shape index (κ2) is 11.7. The van der Waals surface area contributed by atoms with E-state index in [2.05, 4.69) is 15.4 Å². The molecule has 11 nitrogen and oxygen atoms in total. The Morgan fingerprint density at radius 1 is 1.18 bits per heavy atom. The quantitative estimate of drug-likeness (QED) is 0.166. The van der Waals surface area contributed by atoms with Crippen LogP contribution in [0.3, 0.4) is 0 Å². The van der Waals surface area contributed by atoms with E-state index in [1.165, 1.54) is 0 Å². The minimum absolute atomic E-state index is 0.239. The van der Waals surface area contributed by atoms with E-state index in [1.54, 1.807) is 53.4 Å². The van der Waals surface area contributed by atoms with Crippen LogP contribution in [0.5, 0.6) is 0 Å². The molecule has 0 radical (unpaired) electrons. The molecule has 1 unspecified atom stereocenters. The number of oxime groups is 1. The van der Waals surface area contributed by atoms with Gasteiger partial charge in [0.2, 0.25) is 10.0 Å². The van der Waals surface area contributed by atoms with Gasteiger partial charge in [0, 0.05) is 22.7 Å². The number of amidine groups is 1. The zero-order valence-corrected chi connectivity index (χ0v) is 22.3. The van der Waals surface area contributed by atoms with Crippen LogP contribution in [0.2, 0.25) is 5.02 Å². The van der Waals surface area contributed by atoms with Gasteiger partial charge in [-0.15, -0.1) is 0 Å². The second-order valence-electron chi connectivity index (χ2n) is 9.47. The zero-order chi connectivity index (χ0) is 27.4. The summed E-state index contributed by atoms with van der Waals surface area (Å²) in [5, 5.41) is 12.1. The number of halogens is 1. The van der Waals surface area contributed by atoms with Crippen LogP contribution in [0, 0.1) is 0 Å². The molecule has 1 aliphatic heterocycles. The second-order valence-corrected chi connectivity index (χ2v) is 11.7. The van der Waals surface area contributed by atoms with Gasteiger partial charge in [0.25, 0.3) is 11.8 Å². The normalized spacial score (nSPS) is 24.1. The number of hydrogen-bond acceptors (Lipinski definition) is 7. The summed E-state index contributed by atoms with van der Waals surface area (Å²) in [6.07, 6.45) is 3.80. The highest BCUT2D eigenvalue weighted by Crippen LogP contribution is 2.46. The molecule has 2 aliphatic rings. The molecule has 2 aromatic carbocycles. The first kappa shape index (κ1) is 27.8. The van der Waals surface area contributed by atoms with Gasteiger partial charge < -0.3 is 15.8 Å². The Labute approximate surface area is 226 Å². The van der Waals surface area contributed by atoms with E-state index in [9.17, 15) is 18.0 Å². The maximum Gasteiger partial charge on any atom is 0.255 e. The number of hydrogen-bond donors (Lipinski definition) is 4. The maximum absolute atomic E-state index is 14.1. The molecule has 0 saturated heterocycles. The lowest BCUT2D eigenvalue weighted by Gasteiger charge is -2.49. The molecule has 38 heavy (non-hydrogen) atoms. The number of carbonyl (C=O) groups excluding carboxylic acids is 2. The van der Waals surface area contributed by atoms with Crippen molar-refractivity contribution in [1.29, 1.82) is 0 Å². The molecular weight excluding hydrogens is 534 g/mol. The van der Waals surface area contributed by atoms with Crippen molar-refractivity contribution in [2.45, 2.75) is 49.7 Å². The predicted octanol–water partition coefficient (Wildman–Crippen LogP) is 2.28. The van der Waals surface area contributed by atoms with Crippen molar-refractivity contribution < 1.29 is 28.1 Å². The van der Waals surface area contributed by atoms with E-state index < -0.39 is 40.0 Å². The number of sulfonamides is 1. The summed E-state index contributed by atoms with van der Waals surface area (Å²) >= 11 is 6.15. The highest BCUT2D eigenvalue weighted by Gasteiger charge is 2.49. The van der Waals surface area contributed by atoms with E-state index in [0.717, 1.165) is 19.1 Å². The highest BCUT2D eigenvalue weighted by atomic mass is 35.5. The molecule has 1 aliphatic carbocycles. The number of nitrogens with one attached hydrogen (secondary N) is 2. The number of nitrogens with two attached hydrogens (primary N) is 1. The van der Waals surface area contributed by atoms with Gasteiger partial charge in [0.1, 0.15) is 6.61 Å². The van der Waals surface area contributed by atoms with Crippen molar-refractivity contribution >= 4 is 39.3 Å². The Morgan fingerprint density at radius 3 is 2.55 bits per heavy atom. The lowest BCUT2D eigenvalue weighted by atomic mass is 9.76. The summed E-state index contributed by atoms with van der Waals surface area (Å²) in [4.78, 5) is 34.6. The topological polar surface area (TPSA) is 163 Å². The SMILES string of the molecule is CS(=O)(=O)N[C@H]1CCCCC1N1C(=O)c2ccccc2[C@@H](C(=O)NOC/C(N)=N/O)[C@@H]1c1ccc(Cl)cc1. The van der Waals surface area contributed by atoms with Crippen LogP contribution in [0.15, 0.2) is 53.7 Å². The van der Waals surface area contributed by atoms with Crippen LogP contribution in [0.25, 0.3) is 0 Å². The fourth-order valence-electron chi connectivity index (χ4n) is 5.34.